The van der Waals surface area contributed by atoms with Crippen LogP contribution in [0.25, 0.3) is 0 Å². The zero-order chi connectivity index (χ0) is 18.3. The van der Waals surface area contributed by atoms with Crippen LogP contribution in [0.15, 0.2) is 59.1 Å². The van der Waals surface area contributed by atoms with Gasteiger partial charge >= 0.3 is 5.97 Å². The molecular weight excluding hydrogens is 406 g/mol. The van der Waals surface area contributed by atoms with Crippen LogP contribution in [0.4, 0.5) is 0 Å². The van der Waals surface area contributed by atoms with Crippen molar-refractivity contribution < 1.29 is 17.9 Å². The Kier molecular flexibility index (Phi) is 7.16. The number of carbonyl (C=O) groups is 1. The summed E-state index contributed by atoms with van der Waals surface area (Å²) in [5, 5.41) is 0. The Morgan fingerprint density at radius 2 is 1.68 bits per heavy atom. The van der Waals surface area contributed by atoms with Crippen LogP contribution in [0.5, 0.6) is 0 Å². The topological polar surface area (TPSA) is 63.7 Å². The second-order valence-corrected chi connectivity index (χ2v) is 8.33. The molecule has 5 nitrogen and oxygen atoms in total. The maximum atomic E-state index is 12.8. The number of hydrogen-bond acceptors (Lipinski definition) is 4. The molecule has 0 saturated heterocycles. The van der Waals surface area contributed by atoms with Gasteiger partial charge in [-0.2, -0.15) is 4.31 Å². The first-order valence-corrected chi connectivity index (χ1v) is 10.2. The van der Waals surface area contributed by atoms with Crippen LogP contribution in [0, 0.1) is 0 Å². The molecule has 0 heterocycles. The van der Waals surface area contributed by atoms with E-state index in [1.165, 1.54) is 4.31 Å². The molecule has 2 aromatic carbocycles. The zero-order valence-corrected chi connectivity index (χ0v) is 16.3. The fraction of sp³-hybridized carbons (Fsp3) is 0.278. The quantitative estimate of drug-likeness (QED) is 0.608. The average molecular weight is 426 g/mol. The monoisotopic (exact) mass is 425 g/mol. The van der Waals surface area contributed by atoms with Crippen molar-refractivity contribution in [3.05, 3.63) is 70.2 Å². The Morgan fingerprint density at radius 3 is 2.28 bits per heavy atom. The van der Waals surface area contributed by atoms with Crippen molar-refractivity contribution >= 4 is 31.9 Å². The van der Waals surface area contributed by atoms with E-state index in [0.717, 1.165) is 10.0 Å². The number of ether oxygens (including phenoxy) is 1. The van der Waals surface area contributed by atoms with Gasteiger partial charge in [-0.15, -0.1) is 0 Å². The third-order valence-electron chi connectivity index (χ3n) is 3.47. The summed E-state index contributed by atoms with van der Waals surface area (Å²) < 4.78 is 32.6. The highest BCUT2D eigenvalue weighted by atomic mass is 79.9. The van der Waals surface area contributed by atoms with Crippen LogP contribution in [0.1, 0.15) is 18.1 Å². The van der Waals surface area contributed by atoms with Gasteiger partial charge < -0.3 is 4.74 Å². The van der Waals surface area contributed by atoms with Crippen LogP contribution in [0.2, 0.25) is 0 Å². The molecule has 134 valence electrons. The average Bonchev–Trinajstić information content (AvgIpc) is 2.57. The van der Waals surface area contributed by atoms with Gasteiger partial charge in [-0.05, 0) is 30.2 Å². The lowest BCUT2D eigenvalue weighted by molar-refractivity contribution is -0.143. The van der Waals surface area contributed by atoms with E-state index >= 15 is 0 Å². The lowest BCUT2D eigenvalue weighted by Gasteiger charge is -2.21. The number of benzene rings is 2. The number of esters is 1. The first kappa shape index (κ1) is 19.6. The molecule has 25 heavy (non-hydrogen) atoms. The number of nitrogens with zero attached hydrogens (tertiary/aromatic N) is 1. The van der Waals surface area contributed by atoms with E-state index in [9.17, 15) is 13.2 Å². The van der Waals surface area contributed by atoms with Crippen LogP contribution >= 0.6 is 15.9 Å². The summed E-state index contributed by atoms with van der Waals surface area (Å²) in [5.74, 6) is -0.722. The number of sulfonamides is 1. The maximum Gasteiger partial charge on any atom is 0.321 e. The standard InChI is InChI=1S/C18H20BrNO4S/c1-2-24-18(21)13-20(12-15-8-10-17(19)11-9-15)25(22,23)14-16-6-4-3-5-7-16/h3-11H,2,12-14H2,1H3. The lowest BCUT2D eigenvalue weighted by Crippen LogP contribution is -2.36. The molecule has 7 heteroatoms. The van der Waals surface area contributed by atoms with Crippen molar-refractivity contribution in [1.29, 1.82) is 0 Å². The minimum absolute atomic E-state index is 0.112. The van der Waals surface area contributed by atoms with Crippen molar-refractivity contribution in [2.24, 2.45) is 0 Å². The van der Waals surface area contributed by atoms with Gasteiger partial charge in [-0.3, -0.25) is 4.79 Å². The van der Waals surface area contributed by atoms with Gasteiger partial charge in [0.1, 0.15) is 6.54 Å². The fourth-order valence-corrected chi connectivity index (χ4v) is 3.98. The highest BCUT2D eigenvalue weighted by Gasteiger charge is 2.25. The summed E-state index contributed by atoms with van der Waals surface area (Å²) in [5.41, 5.74) is 1.47. The molecule has 0 spiro atoms. The van der Waals surface area contributed by atoms with E-state index in [2.05, 4.69) is 15.9 Å². The summed E-state index contributed by atoms with van der Waals surface area (Å²) in [6.07, 6.45) is 0. The molecule has 0 radical (unpaired) electrons. The third-order valence-corrected chi connectivity index (χ3v) is 5.74. The molecule has 2 rings (SSSR count). The van der Waals surface area contributed by atoms with Gasteiger partial charge in [0.15, 0.2) is 0 Å². The van der Waals surface area contributed by atoms with Gasteiger partial charge in [0, 0.05) is 11.0 Å². The van der Waals surface area contributed by atoms with E-state index in [4.69, 9.17) is 4.74 Å². The number of rotatable bonds is 8. The molecule has 2 aromatic rings. The minimum Gasteiger partial charge on any atom is -0.465 e. The maximum absolute atomic E-state index is 12.8. The summed E-state index contributed by atoms with van der Waals surface area (Å²) >= 11 is 3.35. The molecule has 0 aromatic heterocycles. The Morgan fingerprint density at radius 1 is 1.04 bits per heavy atom. The summed E-state index contributed by atoms with van der Waals surface area (Å²) in [4.78, 5) is 11.9. The predicted octanol–water partition coefficient (Wildman–Crippen LogP) is 3.34. The van der Waals surface area contributed by atoms with Crippen molar-refractivity contribution in [3.63, 3.8) is 0 Å². The van der Waals surface area contributed by atoms with Gasteiger partial charge in [-0.25, -0.2) is 8.42 Å². The Bertz CT molecular complexity index is 792. The number of carbonyl (C=O) groups excluding carboxylic acids is 1. The molecule has 0 atom stereocenters. The minimum atomic E-state index is -3.68. The smallest absolute Gasteiger partial charge is 0.321 e. The van der Waals surface area contributed by atoms with Crippen LogP contribution in [-0.4, -0.2) is 31.8 Å². The van der Waals surface area contributed by atoms with E-state index in [-0.39, 0.29) is 25.4 Å². The zero-order valence-electron chi connectivity index (χ0n) is 13.9. The van der Waals surface area contributed by atoms with E-state index < -0.39 is 16.0 Å². The molecule has 0 aliphatic rings. The van der Waals surface area contributed by atoms with Crippen molar-refractivity contribution in [1.82, 2.24) is 4.31 Å². The van der Waals surface area contributed by atoms with E-state index in [1.54, 1.807) is 31.2 Å². The van der Waals surface area contributed by atoms with Crippen LogP contribution in [0.3, 0.4) is 0 Å². The second-order valence-electron chi connectivity index (χ2n) is 5.44. The van der Waals surface area contributed by atoms with Crippen molar-refractivity contribution in [3.8, 4) is 0 Å². The molecule has 0 saturated carbocycles. The van der Waals surface area contributed by atoms with Crippen molar-refractivity contribution in [2.45, 2.75) is 19.2 Å². The third kappa shape index (κ3) is 6.26. The number of halogens is 1. The van der Waals surface area contributed by atoms with Gasteiger partial charge in [0.05, 0.1) is 12.4 Å². The van der Waals surface area contributed by atoms with E-state index in [0.29, 0.717) is 5.56 Å². The van der Waals surface area contributed by atoms with Gasteiger partial charge in [-0.1, -0.05) is 58.4 Å². The summed E-state index contributed by atoms with van der Waals surface area (Å²) in [6.45, 7) is 1.71. The highest BCUT2D eigenvalue weighted by molar-refractivity contribution is 9.10. The molecule has 0 aliphatic heterocycles. The molecular formula is C18H20BrNO4S. The normalized spacial score (nSPS) is 11.5. The predicted molar refractivity (Wildman–Crippen MR) is 100 cm³/mol. The highest BCUT2D eigenvalue weighted by Crippen LogP contribution is 2.17. The molecule has 0 amide bonds. The van der Waals surface area contributed by atoms with Crippen LogP contribution in [-0.2, 0) is 31.9 Å². The summed E-state index contributed by atoms with van der Waals surface area (Å²) in [6, 6.07) is 16.2. The Labute approximate surface area is 156 Å². The molecule has 0 fully saturated rings. The summed E-state index contributed by atoms with van der Waals surface area (Å²) in [7, 11) is -3.68. The molecule has 0 unspecified atom stereocenters. The largest absolute Gasteiger partial charge is 0.465 e. The van der Waals surface area contributed by atoms with Gasteiger partial charge in [0.25, 0.3) is 0 Å². The lowest BCUT2D eigenvalue weighted by atomic mass is 10.2. The van der Waals surface area contributed by atoms with Crippen molar-refractivity contribution in [2.75, 3.05) is 13.2 Å². The Balaban J connectivity index is 2.22. The molecule has 0 aliphatic carbocycles. The SMILES string of the molecule is CCOC(=O)CN(Cc1ccc(Br)cc1)S(=O)(=O)Cc1ccccc1. The molecule has 0 bridgehead atoms. The van der Waals surface area contributed by atoms with Gasteiger partial charge in [0.2, 0.25) is 10.0 Å². The Hall–Kier alpha value is -1.70. The van der Waals surface area contributed by atoms with Crippen LogP contribution < -0.4 is 0 Å². The van der Waals surface area contributed by atoms with E-state index in [1.807, 2.05) is 30.3 Å². The first-order chi connectivity index (χ1) is 11.9. The molecule has 0 N–H and O–H groups in total. The second kappa shape index (κ2) is 9.12. The fourth-order valence-electron chi connectivity index (χ4n) is 2.27. The first-order valence-electron chi connectivity index (χ1n) is 7.82. The number of hydrogen-bond donors (Lipinski definition) is 0.